The largest absolute Gasteiger partial charge is 0.523 e. The first-order valence-electron chi connectivity index (χ1n) is 47.6. The van der Waals surface area contributed by atoms with Gasteiger partial charge >= 0.3 is 21.6 Å². The smallest absolute Gasteiger partial charge is 0.490 e. The van der Waals surface area contributed by atoms with E-state index in [1.54, 1.807) is 87.0 Å². The molecule has 31 heteroatoms. The van der Waals surface area contributed by atoms with E-state index >= 15 is 0 Å². The van der Waals surface area contributed by atoms with Crippen LogP contribution in [0.4, 0.5) is 13.2 Å². The minimum atomic E-state index is -5.34. The maximum atomic E-state index is 14.6. The Labute approximate surface area is 875 Å². The number of nitrogens with zero attached hydrogens (tertiary/aromatic N) is 5. The molecular weight excluding hydrogens is 2050 g/mol. The number of aryl methyl sites for hydroxylation is 3. The number of hydrogen-bond acceptors (Lipinski definition) is 17. The molecule has 5 aromatic carbocycles. The minimum Gasteiger partial charge on any atom is -0.490 e. The predicted molar refractivity (Wildman–Crippen MR) is 532 cm³/mol. The number of cyclic esters (lactones) is 1. The van der Waals surface area contributed by atoms with Crippen LogP contribution in [0.1, 0.15) is 262 Å². The van der Waals surface area contributed by atoms with Crippen molar-refractivity contribution in [2.75, 3.05) is 54.5 Å². The number of aromatic nitrogens is 2. The fraction of sp³-hybridized carbons (Fsp3) is 0.581. The van der Waals surface area contributed by atoms with E-state index in [4.69, 9.17) is 23.9 Å². The summed E-state index contributed by atoms with van der Waals surface area (Å²) in [7, 11) is 0.296. The van der Waals surface area contributed by atoms with Crippen LogP contribution in [0.15, 0.2) is 132 Å². The van der Waals surface area contributed by atoms with Gasteiger partial charge < -0.3 is 53.7 Å². The molecule has 5 aliphatic rings. The Morgan fingerprint density at radius 2 is 1.29 bits per heavy atom. The summed E-state index contributed by atoms with van der Waals surface area (Å²) in [6.07, 6.45) is 14.6. The van der Waals surface area contributed by atoms with Crippen molar-refractivity contribution in [3.05, 3.63) is 182 Å². The molecule has 11 atom stereocenters. The van der Waals surface area contributed by atoms with Crippen LogP contribution in [0.5, 0.6) is 5.75 Å². The van der Waals surface area contributed by atoms with Crippen molar-refractivity contribution in [3.63, 3.8) is 0 Å². The van der Waals surface area contributed by atoms with Gasteiger partial charge in [-0.25, -0.2) is 9.78 Å². The van der Waals surface area contributed by atoms with Crippen LogP contribution in [0.2, 0.25) is 0 Å². The molecule has 2 aromatic heterocycles. The van der Waals surface area contributed by atoms with E-state index in [1.165, 1.54) is 85.8 Å². The number of esters is 1. The van der Waals surface area contributed by atoms with Crippen molar-refractivity contribution in [3.8, 4) is 28.3 Å². The number of halogens is 4. The molecule has 0 unspecified atom stereocenters. The van der Waals surface area contributed by atoms with Gasteiger partial charge in [-0.05, 0) is 195 Å². The number of aliphatic hydroxyl groups excluding tert-OH is 1. The van der Waals surface area contributed by atoms with Crippen LogP contribution in [0, 0.1) is 88.1 Å². The van der Waals surface area contributed by atoms with Crippen LogP contribution < -0.4 is 20.9 Å². The molecule has 2 saturated carbocycles. The fourth-order valence-electron chi connectivity index (χ4n) is 19.5. The number of carbonyl (C=O) groups excluding carboxylic acids is 6. The number of ketones is 1. The topological polar surface area (TPSA) is 280 Å². The van der Waals surface area contributed by atoms with Crippen molar-refractivity contribution in [2.45, 2.75) is 312 Å². The molecule has 3 aliphatic heterocycles. The molecule has 0 spiro atoms. The van der Waals surface area contributed by atoms with Gasteiger partial charge in [-0.2, -0.15) is 21.6 Å². The molecule has 3 N–H and O–H groups in total. The normalized spacial score (nSPS) is 17.7. The van der Waals surface area contributed by atoms with Gasteiger partial charge in [0.15, 0.2) is 11.4 Å². The standard InChI is InChI=1S/C48H74N4O8.C29H42OP.C21H18N2O4.C2H3F3O3S.2C2H6.CH3Br.Ar.2Pd/c1-14-32(7)43(51(11)48(58)37(29(2)3)27-39(53)42(30(4)5)50(10)47(57)36-24-22-31(6)23-25-36)40(59-12)28-41(54)52-26-18-21-38(52)45(60-13)33(8)46(56)49-34(9)44(55)35-19-16-15-17-20-35;1-22(2)30-27-20-13-14-23(3)29(27)26-19-11-12-21-28(26)31(4,24-15-7-5-8-16-24)25-17-9-6-10-18-25;1-3-21(26)15-8-17-18-13(7-12-6-11(2)4-5-16(12)22-18)9-23(17)19(24)14(15)10-27-20(21)25;1-8-9(6,7)2(3,4)5;3*1-2;;;/h15-17,19-20,22-25,29-30,32-34,37-38,40,42-45,55H,14,18,21,26-28H2,1-13H3,(H,49,56);11-14,19-22,24-25H,5-10,15-18H2,1-4H3;4-8,26H,3,9-10H2,1-2H3;1H3;2*1-2H3;1H3;;;/q;+1;;;;;;;;/t32-,33+,34+,37-,38-,40+,42-,43-,44+,45+;;21-;;;;;;;/m0.0......./s1. The van der Waals surface area contributed by atoms with E-state index in [-0.39, 0.29) is 169 Å². The Morgan fingerprint density at radius 1 is 0.713 bits per heavy atom. The third kappa shape index (κ3) is 30.7. The first-order valence-corrected chi connectivity index (χ1v) is 53.0. The summed E-state index contributed by atoms with van der Waals surface area (Å²) in [5, 5.41) is 27.4. The number of nitrogens with one attached hydrogen (secondary N) is 1. The molecule has 136 heavy (non-hydrogen) atoms. The van der Waals surface area contributed by atoms with Crippen molar-refractivity contribution < 1.29 is 162 Å². The Balaban J connectivity index is 0.000000521. The molecule has 0 bridgehead atoms. The van der Waals surface area contributed by atoms with Gasteiger partial charge in [0.1, 0.15) is 17.7 Å². The van der Waals surface area contributed by atoms with Crippen molar-refractivity contribution >= 4 is 84.9 Å². The van der Waals surface area contributed by atoms with E-state index in [0.29, 0.717) is 61.0 Å². The number of ether oxygens (including phenoxy) is 4. The maximum absolute atomic E-state index is 14.6. The number of pyridine rings is 2. The summed E-state index contributed by atoms with van der Waals surface area (Å²) in [5.74, 6) is -0.626. The average Bonchev–Trinajstić information content (AvgIpc) is 1.54. The van der Waals surface area contributed by atoms with E-state index in [2.05, 4.69) is 107 Å². The first-order chi connectivity index (χ1) is 63.0. The number of likely N-dealkylation sites (N-methyl/N-ethyl adjacent to an activating group) is 2. The van der Waals surface area contributed by atoms with Crippen LogP contribution in [0.25, 0.3) is 33.4 Å². The number of carbonyl (C=O) groups is 6. The summed E-state index contributed by atoms with van der Waals surface area (Å²) in [6.45, 7) is 39.1. The van der Waals surface area contributed by atoms with Gasteiger partial charge in [0.25, 0.3) is 11.5 Å². The second-order valence-electron chi connectivity index (χ2n) is 36.5. The van der Waals surface area contributed by atoms with E-state index in [0.717, 1.165) is 56.8 Å². The van der Waals surface area contributed by atoms with Gasteiger partial charge in [-0.1, -0.05) is 208 Å². The third-order valence-electron chi connectivity index (χ3n) is 26.9. The van der Waals surface area contributed by atoms with Crippen LogP contribution in [0.3, 0.4) is 0 Å². The third-order valence-corrected chi connectivity index (χ3v) is 33.4. The molecule has 2 aliphatic carbocycles. The number of likely N-dealkylation sites (tertiary alicyclic amines) is 1. The van der Waals surface area contributed by atoms with Gasteiger partial charge in [0.2, 0.25) is 17.7 Å². The number of Topliss-reactive ketones (excluding diaryl/α,β-unsaturated/α-hetero) is 1. The summed E-state index contributed by atoms with van der Waals surface area (Å²) in [6, 6.07) is 40.2. The molecule has 0 radical (unpaired) electrons. The molecular formula is C105H152ArBrF3N6O16PPd2S+. The second-order valence-corrected chi connectivity index (χ2v) is 42.4. The summed E-state index contributed by atoms with van der Waals surface area (Å²) in [5.41, 5.74) is 5.85. The number of amides is 4. The summed E-state index contributed by atoms with van der Waals surface area (Å²) in [4.78, 5) is 105. The Kier molecular flexibility index (Phi) is 53.2. The van der Waals surface area contributed by atoms with Gasteiger partial charge in [0.05, 0.1) is 122 Å². The zero-order chi connectivity index (χ0) is 99.5. The van der Waals surface area contributed by atoms with Crippen LogP contribution >= 0.6 is 23.2 Å². The molecule has 764 valence electrons. The summed E-state index contributed by atoms with van der Waals surface area (Å²) >= 11 is 2.94. The van der Waals surface area contributed by atoms with E-state index < -0.39 is 82.7 Å². The molecule has 1 saturated heterocycles. The number of hydrogen-bond donors (Lipinski definition) is 3. The molecule has 3 fully saturated rings. The SMILES string of the molecule is CBr.CC.CC.CC[C@@]1(O)C(=O)OCc2c1cc1n(c2=O)Cc2cc3cc(C)ccc3nc2-1.CC[C@H](C)[C@@H]([C@@H](CC(=O)N1CCC[C@H]1[C@H](OC)[C@@H](C)C(=O)N[C@H](C)[C@@H](O)c1ccccc1)OC)N(C)C(=O)[C@@H](CC(=O)[C@H](C(C)C)N(C)C(=O)c1ccc(C)cc1)C(C)C.COS(=O)(=O)C(F)(F)F.Cc1cccc(OC(C)C)c1-c1ccccc1[P+](C)(C1CCCCC1)C1CCCCC1.[Ar].[Pd].[Pd]. The second kappa shape index (κ2) is 58.2. The molecule has 4 amide bonds. The monoisotopic (exact) mass is 2200 g/mol. The van der Waals surface area contributed by atoms with Crippen LogP contribution in [-0.4, -0.2) is 192 Å². The zero-order valence-electron chi connectivity index (χ0n) is 84.4. The number of rotatable bonds is 30. The molecule has 22 nitrogen and oxygen atoms in total. The quantitative estimate of drug-likeness (QED) is 0.00942. The molecule has 7 aromatic rings. The maximum Gasteiger partial charge on any atom is 0.523 e. The Hall–Kier alpha value is -5.69. The number of alkyl halides is 4. The Bertz CT molecular complexity index is 5130. The van der Waals surface area contributed by atoms with Gasteiger partial charge in [-0.3, -0.25) is 33.0 Å². The number of fused-ring (bicyclic) bond motifs is 5. The van der Waals surface area contributed by atoms with Crippen molar-refractivity contribution in [2.24, 2.45) is 29.6 Å². The van der Waals surface area contributed by atoms with Gasteiger partial charge in [-0.15, -0.1) is 0 Å². The number of benzene rings is 5. The van der Waals surface area contributed by atoms with Gasteiger partial charge in [0, 0.05) is 159 Å². The number of aliphatic hydroxyl groups is 2. The van der Waals surface area contributed by atoms with Crippen molar-refractivity contribution in [1.29, 1.82) is 0 Å². The minimum absolute atomic E-state index is 0. The molecule has 12 rings (SSSR count). The van der Waals surface area contributed by atoms with E-state index in [9.17, 15) is 65.4 Å². The Morgan fingerprint density at radius 3 is 1.81 bits per heavy atom. The fourth-order valence-corrected chi connectivity index (χ4v) is 25.1. The molecule has 5 heterocycles. The number of methoxy groups -OCH3 is 2. The van der Waals surface area contributed by atoms with Crippen molar-refractivity contribution in [1.82, 2.24) is 29.6 Å². The van der Waals surface area contributed by atoms with E-state index in [1.807, 2.05) is 144 Å². The average molecular weight is 2210 g/mol. The zero-order valence-corrected chi connectivity index (χ0v) is 91.5. The summed E-state index contributed by atoms with van der Waals surface area (Å²) < 4.78 is 81.0. The first kappa shape index (κ1) is 124. The predicted octanol–water partition coefficient (Wildman–Crippen LogP) is 20.8. The van der Waals surface area contributed by atoms with Crippen LogP contribution in [-0.2, 0) is 112 Å².